The van der Waals surface area contributed by atoms with E-state index >= 15 is 0 Å². The Labute approximate surface area is 212 Å². The molecule has 0 fully saturated rings. The van der Waals surface area contributed by atoms with Crippen LogP contribution in [0.25, 0.3) is 0 Å². The summed E-state index contributed by atoms with van der Waals surface area (Å²) in [5.74, 6) is 1.79. The van der Waals surface area contributed by atoms with Gasteiger partial charge in [-0.05, 0) is 23.3 Å². The van der Waals surface area contributed by atoms with Gasteiger partial charge in [0.25, 0.3) is 0 Å². The SMILES string of the molecule is N=C(N)NCCNCC(O)COc1ccc(OCCc2ccccc2)c(OCCc2ccccc2)c1. The molecular formula is C28H36N4O4. The highest BCUT2D eigenvalue weighted by molar-refractivity contribution is 5.74. The van der Waals surface area contributed by atoms with Crippen molar-refractivity contribution in [2.24, 2.45) is 5.73 Å². The van der Waals surface area contributed by atoms with Crippen molar-refractivity contribution < 1.29 is 19.3 Å². The number of rotatable bonds is 16. The first-order valence-electron chi connectivity index (χ1n) is 12.2. The second-order valence-corrected chi connectivity index (χ2v) is 8.29. The molecule has 3 aromatic carbocycles. The number of nitrogens with two attached hydrogens (primary N) is 1. The molecule has 0 spiro atoms. The summed E-state index contributed by atoms with van der Waals surface area (Å²) in [6, 6.07) is 25.8. The van der Waals surface area contributed by atoms with Crippen LogP contribution in [-0.4, -0.2) is 56.6 Å². The maximum absolute atomic E-state index is 10.2. The van der Waals surface area contributed by atoms with Crippen molar-refractivity contribution in [3.05, 3.63) is 90.0 Å². The van der Waals surface area contributed by atoms with Gasteiger partial charge in [-0.15, -0.1) is 0 Å². The molecule has 0 saturated carbocycles. The fourth-order valence-corrected chi connectivity index (χ4v) is 3.46. The highest BCUT2D eigenvalue weighted by Crippen LogP contribution is 2.32. The molecule has 0 saturated heterocycles. The van der Waals surface area contributed by atoms with E-state index in [1.165, 1.54) is 11.1 Å². The maximum atomic E-state index is 10.2. The number of nitrogens with one attached hydrogen (secondary N) is 3. The van der Waals surface area contributed by atoms with Gasteiger partial charge in [-0.25, -0.2) is 0 Å². The number of aliphatic hydroxyl groups is 1. The van der Waals surface area contributed by atoms with E-state index in [-0.39, 0.29) is 12.6 Å². The van der Waals surface area contributed by atoms with E-state index in [4.69, 9.17) is 25.4 Å². The molecule has 0 amide bonds. The summed E-state index contributed by atoms with van der Waals surface area (Å²) >= 11 is 0. The van der Waals surface area contributed by atoms with Crippen molar-refractivity contribution in [1.29, 1.82) is 5.41 Å². The molecule has 6 N–H and O–H groups in total. The molecule has 8 nitrogen and oxygen atoms in total. The fraction of sp³-hybridized carbons (Fsp3) is 0.321. The van der Waals surface area contributed by atoms with Crippen LogP contribution in [0.15, 0.2) is 78.9 Å². The lowest BCUT2D eigenvalue weighted by Crippen LogP contribution is -2.39. The van der Waals surface area contributed by atoms with Gasteiger partial charge in [0.15, 0.2) is 17.5 Å². The van der Waals surface area contributed by atoms with E-state index in [9.17, 15) is 5.11 Å². The predicted octanol–water partition coefficient (Wildman–Crippen LogP) is 2.74. The van der Waals surface area contributed by atoms with E-state index in [0.717, 1.165) is 12.8 Å². The summed E-state index contributed by atoms with van der Waals surface area (Å²) in [5.41, 5.74) is 7.65. The molecule has 0 aromatic heterocycles. The minimum Gasteiger partial charge on any atom is -0.491 e. The number of ether oxygens (including phenoxy) is 3. The van der Waals surface area contributed by atoms with Gasteiger partial charge >= 0.3 is 0 Å². The van der Waals surface area contributed by atoms with Crippen LogP contribution in [0.2, 0.25) is 0 Å². The van der Waals surface area contributed by atoms with E-state index in [1.807, 2.05) is 48.5 Å². The van der Waals surface area contributed by atoms with Gasteiger partial charge < -0.3 is 35.7 Å². The normalized spacial score (nSPS) is 11.5. The molecule has 192 valence electrons. The molecule has 1 unspecified atom stereocenters. The molecular weight excluding hydrogens is 456 g/mol. The summed E-state index contributed by atoms with van der Waals surface area (Å²) in [7, 11) is 0. The minimum atomic E-state index is -0.688. The number of benzene rings is 3. The van der Waals surface area contributed by atoms with Crippen LogP contribution in [0.5, 0.6) is 17.2 Å². The van der Waals surface area contributed by atoms with Gasteiger partial charge in [0.2, 0.25) is 0 Å². The van der Waals surface area contributed by atoms with E-state index in [0.29, 0.717) is 50.1 Å². The molecule has 0 heterocycles. The highest BCUT2D eigenvalue weighted by atomic mass is 16.5. The van der Waals surface area contributed by atoms with Gasteiger partial charge in [-0.2, -0.15) is 0 Å². The number of guanidine groups is 1. The van der Waals surface area contributed by atoms with Gasteiger partial charge in [0.05, 0.1) is 13.2 Å². The van der Waals surface area contributed by atoms with E-state index in [2.05, 4.69) is 34.9 Å². The van der Waals surface area contributed by atoms with E-state index in [1.54, 1.807) is 6.07 Å². The van der Waals surface area contributed by atoms with Crippen LogP contribution in [0.1, 0.15) is 11.1 Å². The van der Waals surface area contributed by atoms with E-state index < -0.39 is 6.10 Å². The number of hydrogen-bond donors (Lipinski definition) is 5. The third-order valence-corrected chi connectivity index (χ3v) is 5.34. The maximum Gasteiger partial charge on any atom is 0.185 e. The standard InChI is InChI=1S/C28H36N4O4/c29-28(30)32-16-15-31-20-24(33)21-36-25-11-12-26(34-17-13-22-7-3-1-4-8-22)27(19-25)35-18-14-23-9-5-2-6-10-23/h1-12,19,24,31,33H,13-18,20-21H2,(H4,29,30,32). The smallest absolute Gasteiger partial charge is 0.185 e. The molecule has 0 aliphatic rings. The van der Waals surface area contributed by atoms with Crippen LogP contribution < -0.4 is 30.6 Å². The summed E-state index contributed by atoms with van der Waals surface area (Å²) in [5, 5.41) is 23.1. The van der Waals surface area contributed by atoms with Crippen LogP contribution in [0.3, 0.4) is 0 Å². The highest BCUT2D eigenvalue weighted by Gasteiger charge is 2.11. The number of hydrogen-bond acceptors (Lipinski definition) is 6. The van der Waals surface area contributed by atoms with Gasteiger partial charge in [0.1, 0.15) is 18.5 Å². The lowest BCUT2D eigenvalue weighted by atomic mass is 10.2. The van der Waals surface area contributed by atoms with Crippen LogP contribution in [0, 0.1) is 5.41 Å². The molecule has 0 radical (unpaired) electrons. The minimum absolute atomic E-state index is 0.0741. The molecule has 3 aromatic rings. The molecule has 3 rings (SSSR count). The lowest BCUT2D eigenvalue weighted by Gasteiger charge is -2.17. The molecule has 36 heavy (non-hydrogen) atoms. The molecule has 8 heteroatoms. The summed E-state index contributed by atoms with van der Waals surface area (Å²) in [6.45, 7) is 2.61. The first-order chi connectivity index (χ1) is 17.6. The summed E-state index contributed by atoms with van der Waals surface area (Å²) < 4.78 is 17.9. The molecule has 0 aliphatic carbocycles. The Morgan fingerprint density at radius 2 is 1.42 bits per heavy atom. The Morgan fingerprint density at radius 1 is 0.806 bits per heavy atom. The summed E-state index contributed by atoms with van der Waals surface area (Å²) in [6.07, 6.45) is 0.883. The van der Waals surface area contributed by atoms with Gasteiger partial charge in [-0.3, -0.25) is 5.41 Å². The van der Waals surface area contributed by atoms with Gasteiger partial charge in [-0.1, -0.05) is 60.7 Å². The largest absolute Gasteiger partial charge is 0.491 e. The Bertz CT molecular complexity index is 1030. The average molecular weight is 493 g/mol. The zero-order valence-electron chi connectivity index (χ0n) is 20.5. The fourth-order valence-electron chi connectivity index (χ4n) is 3.46. The van der Waals surface area contributed by atoms with Crippen LogP contribution in [-0.2, 0) is 12.8 Å². The van der Waals surface area contributed by atoms with Crippen LogP contribution >= 0.6 is 0 Å². The number of aliphatic hydroxyl groups excluding tert-OH is 1. The second kappa shape index (κ2) is 15.3. The first kappa shape index (κ1) is 26.8. The van der Waals surface area contributed by atoms with Crippen molar-refractivity contribution in [2.45, 2.75) is 18.9 Å². The summed E-state index contributed by atoms with van der Waals surface area (Å²) in [4.78, 5) is 0. The Balaban J connectivity index is 1.53. The Kier molecular flexibility index (Phi) is 11.4. The third-order valence-electron chi connectivity index (χ3n) is 5.34. The topological polar surface area (TPSA) is 122 Å². The second-order valence-electron chi connectivity index (χ2n) is 8.29. The van der Waals surface area contributed by atoms with Gasteiger partial charge in [0, 0.05) is 38.5 Å². The third kappa shape index (κ3) is 10.2. The molecule has 0 aliphatic heterocycles. The van der Waals surface area contributed by atoms with Crippen molar-refractivity contribution >= 4 is 5.96 Å². The predicted molar refractivity (Wildman–Crippen MR) is 142 cm³/mol. The van der Waals surface area contributed by atoms with Crippen molar-refractivity contribution in [3.63, 3.8) is 0 Å². The zero-order chi connectivity index (χ0) is 25.4. The molecule has 0 bridgehead atoms. The quantitative estimate of drug-likeness (QED) is 0.118. The van der Waals surface area contributed by atoms with Crippen molar-refractivity contribution in [3.8, 4) is 17.2 Å². The van der Waals surface area contributed by atoms with Crippen LogP contribution in [0.4, 0.5) is 0 Å². The van der Waals surface area contributed by atoms with Crippen molar-refractivity contribution in [2.75, 3.05) is 39.5 Å². The van der Waals surface area contributed by atoms with Crippen molar-refractivity contribution in [1.82, 2.24) is 10.6 Å². The molecule has 1 atom stereocenters. The Morgan fingerprint density at radius 3 is 2.03 bits per heavy atom. The average Bonchev–Trinajstić information content (AvgIpc) is 2.89. The Hall–Kier alpha value is -3.75. The lowest BCUT2D eigenvalue weighted by molar-refractivity contribution is 0.106. The zero-order valence-corrected chi connectivity index (χ0v) is 20.5. The monoisotopic (exact) mass is 492 g/mol. The first-order valence-corrected chi connectivity index (χ1v) is 12.2.